The van der Waals surface area contributed by atoms with Crippen molar-refractivity contribution in [1.82, 2.24) is 15.4 Å². The minimum atomic E-state index is -0.322. The number of carbonyl (C=O) groups is 1. The van der Waals surface area contributed by atoms with Crippen LogP contribution in [0.5, 0.6) is 0 Å². The number of carbonyl (C=O) groups excluding carboxylic acids is 1. The molecular formula is C8H8N4O2S. The summed E-state index contributed by atoms with van der Waals surface area (Å²) in [4.78, 5) is 24.6. The van der Waals surface area contributed by atoms with Gasteiger partial charge in [0.05, 0.1) is 12.7 Å². The molecule has 1 amide bonds. The highest BCUT2D eigenvalue weighted by Gasteiger charge is 2.13. The minimum absolute atomic E-state index is 0.197. The number of anilines is 1. The molecule has 2 aromatic heterocycles. The van der Waals surface area contributed by atoms with E-state index in [0.717, 1.165) is 0 Å². The van der Waals surface area contributed by atoms with E-state index >= 15 is 0 Å². The van der Waals surface area contributed by atoms with Crippen LogP contribution >= 0.6 is 11.3 Å². The summed E-state index contributed by atoms with van der Waals surface area (Å²) in [5.74, 6) is -0.125. The molecule has 0 aliphatic heterocycles. The summed E-state index contributed by atoms with van der Waals surface area (Å²) >= 11 is 1.33. The summed E-state index contributed by atoms with van der Waals surface area (Å²) in [6.45, 7) is 0. The van der Waals surface area contributed by atoms with Gasteiger partial charge in [0.15, 0.2) is 0 Å². The molecule has 7 heteroatoms. The van der Waals surface area contributed by atoms with Gasteiger partial charge < -0.3 is 5.73 Å². The highest BCUT2D eigenvalue weighted by Crippen LogP contribution is 2.23. The zero-order valence-corrected chi connectivity index (χ0v) is 8.67. The molecule has 0 aromatic carbocycles. The van der Waals surface area contributed by atoms with E-state index < -0.39 is 0 Å². The van der Waals surface area contributed by atoms with Crippen LogP contribution in [-0.2, 0) is 4.84 Å². The van der Waals surface area contributed by atoms with Crippen molar-refractivity contribution in [2.45, 2.75) is 0 Å². The third kappa shape index (κ3) is 1.74. The van der Waals surface area contributed by atoms with Crippen LogP contribution in [0.25, 0.3) is 10.2 Å². The number of nitrogens with one attached hydrogen (secondary N) is 1. The van der Waals surface area contributed by atoms with Crippen LogP contribution in [0.1, 0.15) is 10.4 Å². The Kier molecular flexibility index (Phi) is 2.48. The third-order valence-corrected chi connectivity index (χ3v) is 2.68. The number of fused-ring (bicyclic) bond motifs is 1. The molecule has 0 spiro atoms. The highest BCUT2D eigenvalue weighted by atomic mass is 32.1. The van der Waals surface area contributed by atoms with E-state index in [1.54, 1.807) is 5.38 Å². The molecule has 78 valence electrons. The largest absolute Gasteiger partial charge is 0.368 e. The van der Waals surface area contributed by atoms with Crippen LogP contribution in [-0.4, -0.2) is 23.0 Å². The van der Waals surface area contributed by atoms with Crippen LogP contribution in [0.15, 0.2) is 11.6 Å². The van der Waals surface area contributed by atoms with Crippen molar-refractivity contribution in [2.75, 3.05) is 12.8 Å². The molecule has 0 aliphatic carbocycles. The summed E-state index contributed by atoms with van der Waals surface area (Å²) < 4.78 is 0. The number of hydrogen-bond acceptors (Lipinski definition) is 6. The quantitative estimate of drug-likeness (QED) is 0.727. The SMILES string of the molecule is CONC(=O)c1csc2nc(N)ncc12. The second-order valence-corrected chi connectivity index (χ2v) is 3.59. The number of amides is 1. The van der Waals surface area contributed by atoms with Crippen LogP contribution < -0.4 is 11.2 Å². The molecule has 2 heterocycles. The molecule has 3 N–H and O–H groups in total. The normalized spacial score (nSPS) is 10.5. The second kappa shape index (κ2) is 3.79. The molecule has 0 saturated heterocycles. The first kappa shape index (κ1) is 9.81. The Bertz CT molecular complexity index is 510. The lowest BCUT2D eigenvalue weighted by Gasteiger charge is -1.99. The number of aromatic nitrogens is 2. The van der Waals surface area contributed by atoms with Gasteiger partial charge in [-0.25, -0.2) is 15.4 Å². The topological polar surface area (TPSA) is 90.1 Å². The molecule has 0 saturated carbocycles. The minimum Gasteiger partial charge on any atom is -0.368 e. The van der Waals surface area contributed by atoms with Crippen molar-refractivity contribution in [3.63, 3.8) is 0 Å². The van der Waals surface area contributed by atoms with E-state index in [1.807, 2.05) is 0 Å². The van der Waals surface area contributed by atoms with E-state index in [0.29, 0.717) is 15.8 Å². The lowest BCUT2D eigenvalue weighted by molar-refractivity contribution is 0.0540. The first-order valence-corrected chi connectivity index (χ1v) is 4.93. The van der Waals surface area contributed by atoms with Gasteiger partial charge >= 0.3 is 0 Å². The van der Waals surface area contributed by atoms with Gasteiger partial charge in [0.1, 0.15) is 4.83 Å². The Morgan fingerprint density at radius 2 is 2.47 bits per heavy atom. The predicted octanol–water partition coefficient (Wildman–Crippen LogP) is 0.565. The molecule has 15 heavy (non-hydrogen) atoms. The molecule has 0 atom stereocenters. The number of nitrogens with zero attached hydrogens (tertiary/aromatic N) is 2. The summed E-state index contributed by atoms with van der Waals surface area (Å²) in [5, 5.41) is 2.36. The maximum Gasteiger partial charge on any atom is 0.276 e. The van der Waals surface area contributed by atoms with Gasteiger partial charge in [-0.2, -0.15) is 0 Å². The average Bonchev–Trinajstić information content (AvgIpc) is 2.60. The fourth-order valence-electron chi connectivity index (χ4n) is 1.16. The molecule has 0 fully saturated rings. The van der Waals surface area contributed by atoms with E-state index in [-0.39, 0.29) is 11.9 Å². The molecule has 0 unspecified atom stereocenters. The molecule has 2 aromatic rings. The maximum atomic E-state index is 11.5. The van der Waals surface area contributed by atoms with E-state index in [1.165, 1.54) is 24.6 Å². The van der Waals surface area contributed by atoms with Crippen LogP contribution in [0.3, 0.4) is 0 Å². The second-order valence-electron chi connectivity index (χ2n) is 2.73. The molecule has 6 nitrogen and oxygen atoms in total. The lowest BCUT2D eigenvalue weighted by Crippen LogP contribution is -2.21. The Morgan fingerprint density at radius 3 is 3.20 bits per heavy atom. The number of nitrogen functional groups attached to an aromatic ring is 1. The average molecular weight is 224 g/mol. The summed E-state index contributed by atoms with van der Waals surface area (Å²) in [5.41, 5.74) is 8.15. The lowest BCUT2D eigenvalue weighted by atomic mass is 10.2. The van der Waals surface area contributed by atoms with Crippen molar-refractivity contribution < 1.29 is 9.63 Å². The zero-order valence-electron chi connectivity index (χ0n) is 7.85. The van der Waals surface area contributed by atoms with Gasteiger partial charge in [0.2, 0.25) is 5.95 Å². The van der Waals surface area contributed by atoms with Gasteiger partial charge in [0, 0.05) is 17.0 Å². The molecule has 0 aliphatic rings. The Balaban J connectivity index is 2.49. The van der Waals surface area contributed by atoms with E-state index in [4.69, 9.17) is 5.73 Å². The monoisotopic (exact) mass is 224 g/mol. The maximum absolute atomic E-state index is 11.5. The standard InChI is InChI=1S/C8H8N4O2S/c1-14-12-6(13)5-3-15-7-4(5)2-10-8(9)11-7/h2-3H,1H3,(H,12,13)(H2,9,10,11). The van der Waals surface area contributed by atoms with Gasteiger partial charge in [0.25, 0.3) is 5.91 Å². The summed E-state index contributed by atoms with van der Waals surface area (Å²) in [6.07, 6.45) is 1.53. The highest BCUT2D eigenvalue weighted by molar-refractivity contribution is 7.17. The van der Waals surface area contributed by atoms with Gasteiger partial charge in [-0.15, -0.1) is 11.3 Å². The molecule has 2 rings (SSSR count). The fraction of sp³-hybridized carbons (Fsp3) is 0.125. The zero-order chi connectivity index (χ0) is 10.8. The Hall–Kier alpha value is -1.73. The summed E-state index contributed by atoms with van der Waals surface area (Å²) in [7, 11) is 1.38. The molecular weight excluding hydrogens is 216 g/mol. The molecule has 0 bridgehead atoms. The van der Waals surface area contributed by atoms with Crippen LogP contribution in [0.4, 0.5) is 5.95 Å². The summed E-state index contributed by atoms with van der Waals surface area (Å²) in [6, 6.07) is 0. The van der Waals surface area contributed by atoms with Gasteiger partial charge in [-0.1, -0.05) is 0 Å². The first-order chi connectivity index (χ1) is 7.22. The Morgan fingerprint density at radius 1 is 1.67 bits per heavy atom. The van der Waals surface area contributed by atoms with Gasteiger partial charge in [-0.05, 0) is 0 Å². The number of nitrogens with two attached hydrogens (primary N) is 1. The van der Waals surface area contributed by atoms with Crippen molar-refractivity contribution in [2.24, 2.45) is 0 Å². The number of hydrogen-bond donors (Lipinski definition) is 2. The van der Waals surface area contributed by atoms with Gasteiger partial charge in [-0.3, -0.25) is 9.63 Å². The smallest absolute Gasteiger partial charge is 0.276 e. The van der Waals surface area contributed by atoms with Crippen molar-refractivity contribution in [1.29, 1.82) is 0 Å². The van der Waals surface area contributed by atoms with Crippen LogP contribution in [0.2, 0.25) is 0 Å². The van der Waals surface area contributed by atoms with Crippen LogP contribution in [0, 0.1) is 0 Å². The fourth-order valence-corrected chi connectivity index (χ4v) is 2.05. The number of hydroxylamine groups is 1. The van der Waals surface area contributed by atoms with E-state index in [9.17, 15) is 4.79 Å². The number of thiophene rings is 1. The number of rotatable bonds is 2. The predicted molar refractivity (Wildman–Crippen MR) is 56.3 cm³/mol. The van der Waals surface area contributed by atoms with E-state index in [2.05, 4.69) is 20.3 Å². The van der Waals surface area contributed by atoms with Crippen molar-refractivity contribution in [3.8, 4) is 0 Å². The van der Waals surface area contributed by atoms with Crippen molar-refractivity contribution in [3.05, 3.63) is 17.1 Å². The Labute approximate surface area is 89.0 Å². The van der Waals surface area contributed by atoms with Crippen molar-refractivity contribution >= 4 is 33.4 Å². The third-order valence-electron chi connectivity index (χ3n) is 1.79. The molecule has 0 radical (unpaired) electrons. The first-order valence-electron chi connectivity index (χ1n) is 4.05.